The largest absolute Gasteiger partial charge is 0.320 e. The molecular formula is C14H7BrClFN2O. The van der Waals surface area contributed by atoms with E-state index >= 15 is 0 Å². The van der Waals surface area contributed by atoms with Crippen LogP contribution in [0.25, 0.3) is 11.6 Å². The summed E-state index contributed by atoms with van der Waals surface area (Å²) in [6, 6.07) is 6.38. The molecular weight excluding hydrogens is 347 g/mol. The number of carbonyl (C=O) groups excluding carboxylic acids is 1. The predicted octanol–water partition coefficient (Wildman–Crippen LogP) is 4.13. The predicted molar refractivity (Wildman–Crippen MR) is 79.8 cm³/mol. The maximum atomic E-state index is 13.9. The van der Waals surface area contributed by atoms with E-state index in [4.69, 9.17) is 11.6 Å². The summed E-state index contributed by atoms with van der Waals surface area (Å²) in [6.07, 6.45) is 3.03. The first-order chi connectivity index (χ1) is 9.56. The lowest BCUT2D eigenvalue weighted by molar-refractivity contribution is -0.110. The van der Waals surface area contributed by atoms with E-state index in [0.29, 0.717) is 17.0 Å². The van der Waals surface area contributed by atoms with Gasteiger partial charge < -0.3 is 5.32 Å². The van der Waals surface area contributed by atoms with Crippen molar-refractivity contribution in [3.05, 3.63) is 57.0 Å². The molecule has 0 radical (unpaired) electrons. The lowest BCUT2D eigenvalue weighted by atomic mass is 10.1. The smallest absolute Gasteiger partial charge is 0.258 e. The van der Waals surface area contributed by atoms with Gasteiger partial charge in [-0.05, 0) is 34.1 Å². The first-order valence-electron chi connectivity index (χ1n) is 5.69. The molecule has 100 valence electrons. The fraction of sp³-hybridized carbons (Fsp3) is 0. The van der Waals surface area contributed by atoms with Crippen LogP contribution in [0.2, 0.25) is 5.02 Å². The van der Waals surface area contributed by atoms with E-state index in [9.17, 15) is 9.18 Å². The number of amides is 1. The van der Waals surface area contributed by atoms with Gasteiger partial charge in [0.25, 0.3) is 5.91 Å². The molecule has 1 N–H and O–H groups in total. The molecule has 0 fully saturated rings. The molecule has 3 rings (SSSR count). The number of nitrogens with zero attached hydrogens (tertiary/aromatic N) is 1. The molecule has 0 unspecified atom stereocenters. The second-order valence-electron chi connectivity index (χ2n) is 4.20. The zero-order chi connectivity index (χ0) is 14.3. The Labute approximate surface area is 127 Å². The highest BCUT2D eigenvalue weighted by Crippen LogP contribution is 2.33. The van der Waals surface area contributed by atoms with Crippen molar-refractivity contribution in [2.45, 2.75) is 0 Å². The van der Waals surface area contributed by atoms with Crippen LogP contribution in [0.4, 0.5) is 10.1 Å². The molecule has 1 aromatic carbocycles. The summed E-state index contributed by atoms with van der Waals surface area (Å²) in [4.78, 5) is 16.1. The van der Waals surface area contributed by atoms with Gasteiger partial charge >= 0.3 is 0 Å². The SMILES string of the molecule is O=C1Nc2cc(Br)cnc2/C1=C\c1cccc(Cl)c1F. The number of carbonyl (C=O) groups is 1. The second kappa shape index (κ2) is 5.00. The Balaban J connectivity index is 2.14. The number of benzene rings is 1. The van der Waals surface area contributed by atoms with Crippen LogP contribution in [-0.4, -0.2) is 10.9 Å². The summed E-state index contributed by atoms with van der Waals surface area (Å²) in [5.41, 5.74) is 1.66. The van der Waals surface area contributed by atoms with E-state index in [0.717, 1.165) is 4.47 Å². The third-order valence-electron chi connectivity index (χ3n) is 2.88. The van der Waals surface area contributed by atoms with Crippen LogP contribution in [0.5, 0.6) is 0 Å². The number of hydrogen-bond acceptors (Lipinski definition) is 2. The highest BCUT2D eigenvalue weighted by atomic mass is 79.9. The number of hydrogen-bond donors (Lipinski definition) is 1. The Kier molecular flexibility index (Phi) is 3.31. The fourth-order valence-electron chi connectivity index (χ4n) is 1.97. The van der Waals surface area contributed by atoms with Crippen molar-refractivity contribution in [3.63, 3.8) is 0 Å². The van der Waals surface area contributed by atoms with E-state index < -0.39 is 5.82 Å². The molecule has 1 aliphatic heterocycles. The van der Waals surface area contributed by atoms with Crippen molar-refractivity contribution >= 4 is 50.8 Å². The van der Waals surface area contributed by atoms with Gasteiger partial charge in [0.1, 0.15) is 5.82 Å². The fourth-order valence-corrected chi connectivity index (χ4v) is 2.48. The number of nitrogens with one attached hydrogen (secondary N) is 1. The molecule has 1 aromatic heterocycles. The highest BCUT2D eigenvalue weighted by Gasteiger charge is 2.26. The van der Waals surface area contributed by atoms with Crippen molar-refractivity contribution in [1.29, 1.82) is 0 Å². The van der Waals surface area contributed by atoms with Crippen molar-refractivity contribution in [2.75, 3.05) is 5.32 Å². The van der Waals surface area contributed by atoms with Gasteiger partial charge in [-0.3, -0.25) is 9.78 Å². The first-order valence-corrected chi connectivity index (χ1v) is 6.86. The van der Waals surface area contributed by atoms with E-state index in [2.05, 4.69) is 26.2 Å². The summed E-state index contributed by atoms with van der Waals surface area (Å²) >= 11 is 9.01. The van der Waals surface area contributed by atoms with Crippen molar-refractivity contribution in [1.82, 2.24) is 4.98 Å². The molecule has 0 saturated heterocycles. The molecule has 0 saturated carbocycles. The third kappa shape index (κ3) is 2.23. The molecule has 3 nitrogen and oxygen atoms in total. The van der Waals surface area contributed by atoms with Gasteiger partial charge in [0.15, 0.2) is 0 Å². The van der Waals surface area contributed by atoms with Gasteiger partial charge in [0, 0.05) is 16.2 Å². The standard InChI is InChI=1S/C14H7BrClFN2O/c15-8-5-11-13(18-6-8)9(14(20)19-11)4-7-2-1-3-10(16)12(7)17/h1-6H,(H,19,20)/b9-4+. The summed E-state index contributed by atoms with van der Waals surface area (Å²) in [6.45, 7) is 0. The number of rotatable bonds is 1. The zero-order valence-electron chi connectivity index (χ0n) is 9.95. The normalized spacial score (nSPS) is 15.3. The zero-order valence-corrected chi connectivity index (χ0v) is 12.3. The minimum Gasteiger partial charge on any atom is -0.320 e. The second-order valence-corrected chi connectivity index (χ2v) is 5.53. The first kappa shape index (κ1) is 13.3. The third-order valence-corrected chi connectivity index (χ3v) is 3.61. The Morgan fingerprint density at radius 2 is 2.20 bits per heavy atom. The van der Waals surface area contributed by atoms with Crippen molar-refractivity contribution in [3.8, 4) is 0 Å². The Hall–Kier alpha value is -1.72. The van der Waals surface area contributed by atoms with Gasteiger partial charge in [0.2, 0.25) is 0 Å². The molecule has 0 spiro atoms. The molecule has 1 aliphatic rings. The van der Waals surface area contributed by atoms with Gasteiger partial charge in [-0.1, -0.05) is 23.7 Å². The van der Waals surface area contributed by atoms with Crippen molar-refractivity contribution < 1.29 is 9.18 Å². The van der Waals surface area contributed by atoms with Crippen LogP contribution in [0.3, 0.4) is 0 Å². The van der Waals surface area contributed by atoms with E-state index in [-0.39, 0.29) is 16.5 Å². The van der Waals surface area contributed by atoms with Crippen LogP contribution in [0.15, 0.2) is 34.9 Å². The number of pyridine rings is 1. The lowest BCUT2D eigenvalue weighted by Gasteiger charge is -2.01. The number of anilines is 1. The molecule has 6 heteroatoms. The molecule has 0 bridgehead atoms. The molecule has 0 aliphatic carbocycles. The van der Waals surface area contributed by atoms with Crippen molar-refractivity contribution in [2.24, 2.45) is 0 Å². The van der Waals surface area contributed by atoms with Crippen LogP contribution < -0.4 is 5.32 Å². The van der Waals surface area contributed by atoms with Crippen LogP contribution in [0.1, 0.15) is 11.3 Å². The number of aromatic nitrogens is 1. The Morgan fingerprint density at radius 1 is 1.40 bits per heavy atom. The quantitative estimate of drug-likeness (QED) is 0.783. The molecule has 2 heterocycles. The van der Waals surface area contributed by atoms with E-state index in [1.807, 2.05) is 0 Å². The summed E-state index contributed by atoms with van der Waals surface area (Å²) in [7, 11) is 0. The average Bonchev–Trinajstić information content (AvgIpc) is 2.70. The summed E-state index contributed by atoms with van der Waals surface area (Å²) in [5.74, 6) is -0.870. The maximum Gasteiger partial charge on any atom is 0.258 e. The number of halogens is 3. The highest BCUT2D eigenvalue weighted by molar-refractivity contribution is 9.10. The maximum absolute atomic E-state index is 13.9. The average molecular weight is 354 g/mol. The lowest BCUT2D eigenvalue weighted by Crippen LogP contribution is -2.03. The Bertz CT molecular complexity index is 761. The summed E-state index contributed by atoms with van der Waals surface area (Å²) < 4.78 is 14.6. The number of fused-ring (bicyclic) bond motifs is 1. The van der Waals surface area contributed by atoms with E-state index in [1.165, 1.54) is 12.1 Å². The van der Waals surface area contributed by atoms with Crippen LogP contribution in [-0.2, 0) is 4.79 Å². The molecule has 2 aromatic rings. The van der Waals surface area contributed by atoms with Gasteiger partial charge in [-0.15, -0.1) is 0 Å². The monoisotopic (exact) mass is 352 g/mol. The Morgan fingerprint density at radius 3 is 3.00 bits per heavy atom. The van der Waals surface area contributed by atoms with Crippen LogP contribution in [0, 0.1) is 5.82 Å². The topological polar surface area (TPSA) is 42.0 Å². The van der Waals surface area contributed by atoms with Crippen LogP contribution >= 0.6 is 27.5 Å². The minimum absolute atomic E-state index is 0.0155. The molecule has 20 heavy (non-hydrogen) atoms. The van der Waals surface area contributed by atoms with E-state index in [1.54, 1.807) is 24.4 Å². The van der Waals surface area contributed by atoms with Gasteiger partial charge in [-0.2, -0.15) is 0 Å². The van der Waals surface area contributed by atoms with Gasteiger partial charge in [0.05, 0.1) is 22.0 Å². The molecule has 0 atom stereocenters. The minimum atomic E-state index is -0.556. The van der Waals surface area contributed by atoms with Gasteiger partial charge in [-0.25, -0.2) is 4.39 Å². The molecule has 1 amide bonds. The summed E-state index contributed by atoms with van der Waals surface area (Å²) in [5, 5.41) is 2.70.